The highest BCUT2D eigenvalue weighted by Crippen LogP contribution is 2.28. The topological polar surface area (TPSA) is 21.3 Å². The van der Waals surface area contributed by atoms with Crippen LogP contribution in [0, 0.1) is 18.7 Å². The summed E-state index contributed by atoms with van der Waals surface area (Å²) in [5, 5.41) is 3.54. The summed E-state index contributed by atoms with van der Waals surface area (Å²) in [6, 6.07) is 5.73. The quantitative estimate of drug-likeness (QED) is 0.847. The highest BCUT2D eigenvalue weighted by atomic mass is 19.1. The lowest BCUT2D eigenvalue weighted by molar-refractivity contribution is 0.260. The summed E-state index contributed by atoms with van der Waals surface area (Å²) >= 11 is 0. The second-order valence-corrected chi connectivity index (χ2v) is 5.40. The van der Waals surface area contributed by atoms with Gasteiger partial charge in [0.15, 0.2) is 0 Å². The highest BCUT2D eigenvalue weighted by Gasteiger charge is 2.25. The Morgan fingerprint density at radius 1 is 1.37 bits per heavy atom. The monoisotopic (exact) mass is 265 g/mol. The van der Waals surface area contributed by atoms with Crippen molar-refractivity contribution < 1.29 is 9.13 Å². The zero-order valence-electron chi connectivity index (χ0n) is 11.9. The van der Waals surface area contributed by atoms with Crippen molar-refractivity contribution >= 4 is 0 Å². The van der Waals surface area contributed by atoms with Gasteiger partial charge in [0.25, 0.3) is 0 Å². The maximum absolute atomic E-state index is 13.4. The lowest BCUT2D eigenvalue weighted by Gasteiger charge is -2.20. The van der Waals surface area contributed by atoms with Crippen LogP contribution in [0.3, 0.4) is 0 Å². The molecular weight excluding hydrogens is 241 g/mol. The second-order valence-electron chi connectivity index (χ2n) is 5.40. The highest BCUT2D eigenvalue weighted by molar-refractivity contribution is 5.27. The predicted molar refractivity (Wildman–Crippen MR) is 76.1 cm³/mol. The van der Waals surface area contributed by atoms with Crippen LogP contribution in [0.1, 0.15) is 38.2 Å². The summed E-state index contributed by atoms with van der Waals surface area (Å²) < 4.78 is 19.0. The van der Waals surface area contributed by atoms with E-state index in [-0.39, 0.29) is 5.82 Å². The Kier molecular flexibility index (Phi) is 5.20. The van der Waals surface area contributed by atoms with Gasteiger partial charge in [-0.1, -0.05) is 19.4 Å². The molecule has 0 amide bonds. The molecule has 106 valence electrons. The van der Waals surface area contributed by atoms with Gasteiger partial charge >= 0.3 is 0 Å². The minimum absolute atomic E-state index is 0.191. The molecule has 0 aromatic heterocycles. The van der Waals surface area contributed by atoms with Gasteiger partial charge in [-0.15, -0.1) is 0 Å². The minimum atomic E-state index is -0.191. The maximum Gasteiger partial charge on any atom is 0.129 e. The molecule has 1 saturated carbocycles. The van der Waals surface area contributed by atoms with Crippen molar-refractivity contribution in [2.45, 2.75) is 45.6 Å². The molecule has 2 rings (SSSR count). The zero-order chi connectivity index (χ0) is 13.7. The lowest BCUT2D eigenvalue weighted by Crippen LogP contribution is -2.32. The Balaban J connectivity index is 1.78. The third kappa shape index (κ3) is 3.93. The Labute approximate surface area is 115 Å². The molecule has 0 bridgehead atoms. The number of hydrogen-bond acceptors (Lipinski definition) is 2. The third-order valence-corrected chi connectivity index (χ3v) is 4.03. The van der Waals surface area contributed by atoms with E-state index in [1.165, 1.54) is 25.3 Å². The van der Waals surface area contributed by atoms with Crippen molar-refractivity contribution in [2.24, 2.45) is 5.92 Å². The van der Waals surface area contributed by atoms with Crippen molar-refractivity contribution in [3.05, 3.63) is 29.6 Å². The first-order valence-corrected chi connectivity index (χ1v) is 7.33. The number of aryl methyl sites for hydroxylation is 1. The zero-order valence-corrected chi connectivity index (χ0v) is 11.9. The molecule has 3 heteroatoms. The van der Waals surface area contributed by atoms with Crippen LogP contribution in [0.5, 0.6) is 5.75 Å². The first-order valence-electron chi connectivity index (χ1n) is 7.33. The molecular formula is C16H24FNO. The van der Waals surface area contributed by atoms with Crippen LogP contribution in [0.25, 0.3) is 0 Å². The molecule has 2 atom stereocenters. The summed E-state index contributed by atoms with van der Waals surface area (Å²) in [5.41, 5.74) is 0.662. The van der Waals surface area contributed by atoms with Gasteiger partial charge in [-0.25, -0.2) is 4.39 Å². The summed E-state index contributed by atoms with van der Waals surface area (Å²) in [6.07, 6.45) is 4.91. The fraction of sp³-hybridized carbons (Fsp3) is 0.625. The van der Waals surface area contributed by atoms with Gasteiger partial charge in [0.2, 0.25) is 0 Å². The summed E-state index contributed by atoms with van der Waals surface area (Å²) in [7, 11) is 0. The van der Waals surface area contributed by atoms with Crippen LogP contribution in [0.4, 0.5) is 4.39 Å². The number of ether oxygens (including phenoxy) is 1. The molecule has 2 unspecified atom stereocenters. The smallest absolute Gasteiger partial charge is 0.129 e. The van der Waals surface area contributed by atoms with Gasteiger partial charge in [-0.3, -0.25) is 0 Å². The molecule has 1 fully saturated rings. The van der Waals surface area contributed by atoms with Gasteiger partial charge < -0.3 is 10.1 Å². The SMILES string of the molecule is CCNC1CCCC1CCOc1ccc(C)c(F)c1. The van der Waals surface area contributed by atoms with Crippen molar-refractivity contribution in [3.63, 3.8) is 0 Å². The summed E-state index contributed by atoms with van der Waals surface area (Å²) in [6.45, 7) is 5.62. The molecule has 0 radical (unpaired) electrons. The Morgan fingerprint density at radius 3 is 2.95 bits per heavy atom. The van der Waals surface area contributed by atoms with Crippen molar-refractivity contribution in [1.29, 1.82) is 0 Å². The van der Waals surface area contributed by atoms with Gasteiger partial charge in [0.05, 0.1) is 6.61 Å². The van der Waals surface area contributed by atoms with E-state index in [0.717, 1.165) is 13.0 Å². The van der Waals surface area contributed by atoms with Crippen LogP contribution < -0.4 is 10.1 Å². The molecule has 0 heterocycles. The number of nitrogens with one attached hydrogen (secondary N) is 1. The first kappa shape index (κ1) is 14.3. The van der Waals surface area contributed by atoms with E-state index in [1.807, 2.05) is 6.07 Å². The fourth-order valence-electron chi connectivity index (χ4n) is 2.90. The third-order valence-electron chi connectivity index (χ3n) is 4.03. The van der Waals surface area contributed by atoms with E-state index >= 15 is 0 Å². The van der Waals surface area contributed by atoms with Crippen molar-refractivity contribution in [2.75, 3.05) is 13.2 Å². The number of hydrogen-bond donors (Lipinski definition) is 1. The molecule has 1 aromatic carbocycles. The predicted octanol–water partition coefficient (Wildman–Crippen LogP) is 3.68. The standard InChI is InChI=1S/C16H24FNO/c1-3-18-16-6-4-5-13(16)9-10-19-14-8-7-12(2)15(17)11-14/h7-8,11,13,16,18H,3-6,9-10H2,1-2H3. The van der Waals surface area contributed by atoms with Crippen LogP contribution in [0.2, 0.25) is 0 Å². The maximum atomic E-state index is 13.4. The van der Waals surface area contributed by atoms with Crippen molar-refractivity contribution in [3.8, 4) is 5.75 Å². The normalized spacial score (nSPS) is 22.7. The molecule has 0 saturated heterocycles. The molecule has 1 N–H and O–H groups in total. The van der Waals surface area contributed by atoms with E-state index in [9.17, 15) is 4.39 Å². The number of rotatable bonds is 6. The van der Waals surface area contributed by atoms with Crippen LogP contribution >= 0.6 is 0 Å². The Morgan fingerprint density at radius 2 is 2.21 bits per heavy atom. The van der Waals surface area contributed by atoms with Crippen molar-refractivity contribution in [1.82, 2.24) is 5.32 Å². The van der Waals surface area contributed by atoms with Gasteiger partial charge in [0.1, 0.15) is 11.6 Å². The molecule has 19 heavy (non-hydrogen) atoms. The van der Waals surface area contributed by atoms with E-state index < -0.39 is 0 Å². The number of benzene rings is 1. The molecule has 0 aliphatic heterocycles. The molecule has 0 spiro atoms. The van der Waals surface area contributed by atoms with Crippen LogP contribution in [-0.4, -0.2) is 19.2 Å². The summed E-state index contributed by atoms with van der Waals surface area (Å²) in [5.74, 6) is 1.15. The molecule has 1 aliphatic carbocycles. The Hall–Kier alpha value is -1.09. The van der Waals surface area contributed by atoms with E-state index in [2.05, 4.69) is 12.2 Å². The second kappa shape index (κ2) is 6.90. The minimum Gasteiger partial charge on any atom is -0.493 e. The average Bonchev–Trinajstić information content (AvgIpc) is 2.82. The van der Waals surface area contributed by atoms with Gasteiger partial charge in [-0.2, -0.15) is 0 Å². The van der Waals surface area contributed by atoms with Crippen LogP contribution in [0.15, 0.2) is 18.2 Å². The molecule has 1 aliphatic rings. The average molecular weight is 265 g/mol. The largest absolute Gasteiger partial charge is 0.493 e. The van der Waals surface area contributed by atoms with Gasteiger partial charge in [-0.05, 0) is 50.3 Å². The van der Waals surface area contributed by atoms with E-state index in [0.29, 0.717) is 29.9 Å². The molecule has 2 nitrogen and oxygen atoms in total. The first-order chi connectivity index (χ1) is 9.20. The van der Waals surface area contributed by atoms with Crippen LogP contribution in [-0.2, 0) is 0 Å². The van der Waals surface area contributed by atoms with Gasteiger partial charge in [0, 0.05) is 12.1 Å². The lowest BCUT2D eigenvalue weighted by atomic mass is 10.00. The summed E-state index contributed by atoms with van der Waals surface area (Å²) in [4.78, 5) is 0. The fourth-order valence-corrected chi connectivity index (χ4v) is 2.90. The Bertz CT molecular complexity index is 408. The molecule has 1 aromatic rings. The number of halogens is 1. The van der Waals surface area contributed by atoms with E-state index in [4.69, 9.17) is 4.74 Å². The van der Waals surface area contributed by atoms with E-state index in [1.54, 1.807) is 13.0 Å².